The van der Waals surface area contributed by atoms with Gasteiger partial charge in [0.25, 0.3) is 0 Å². The molecule has 4 aromatic rings. The molecule has 1 saturated heterocycles. The van der Waals surface area contributed by atoms with E-state index in [0.29, 0.717) is 26.8 Å². The molecule has 0 bridgehead atoms. The Balaban J connectivity index is 1.34. The first-order valence-corrected chi connectivity index (χ1v) is 15.5. The molecule has 3 atom stereocenters. The Morgan fingerprint density at radius 3 is 2.40 bits per heavy atom. The molecule has 3 amide bonds. The molecule has 0 radical (unpaired) electrons. The number of hydrogen-bond acceptors (Lipinski definition) is 9. The number of benzene rings is 2. The quantitative estimate of drug-likeness (QED) is 0.234. The second-order valence-corrected chi connectivity index (χ2v) is 12.6. The van der Waals surface area contributed by atoms with E-state index in [2.05, 4.69) is 5.32 Å². The Kier molecular flexibility index (Phi) is 7.56. The van der Waals surface area contributed by atoms with E-state index < -0.39 is 46.6 Å². The molecule has 2 aliphatic heterocycles. The monoisotopic (exact) mass is 623 g/mol. The number of imide groups is 1. The number of rotatable bonds is 7. The predicted molar refractivity (Wildman–Crippen MR) is 158 cm³/mol. The topological polar surface area (TPSA) is 115 Å². The van der Waals surface area contributed by atoms with Gasteiger partial charge in [-0.25, -0.2) is 14.1 Å². The molecule has 0 saturated carbocycles. The summed E-state index contributed by atoms with van der Waals surface area (Å²) in [5, 5.41) is 4.17. The summed E-state index contributed by atoms with van der Waals surface area (Å²) >= 11 is 3.50. The summed E-state index contributed by atoms with van der Waals surface area (Å²) in [5.74, 6) is -3.59. The van der Waals surface area contributed by atoms with Gasteiger partial charge in [0.2, 0.25) is 17.7 Å². The largest absolute Gasteiger partial charge is 0.462 e. The van der Waals surface area contributed by atoms with Crippen molar-refractivity contribution in [3.8, 4) is 0 Å². The smallest absolute Gasteiger partial charge is 0.338 e. The number of ether oxygens (including phenoxy) is 1. The van der Waals surface area contributed by atoms with Crippen molar-refractivity contribution in [1.29, 1.82) is 0 Å². The zero-order chi connectivity index (χ0) is 29.5. The molecule has 13 heteroatoms. The average Bonchev–Trinajstić information content (AvgIpc) is 3.67. The number of thiazole rings is 1. The molecule has 2 aromatic heterocycles. The van der Waals surface area contributed by atoms with Crippen LogP contribution in [0.15, 0.2) is 75.9 Å². The highest BCUT2D eigenvalue weighted by Gasteiger charge is 2.57. The lowest BCUT2D eigenvalue weighted by atomic mass is 9.87. The van der Waals surface area contributed by atoms with Crippen LogP contribution in [-0.2, 0) is 25.7 Å². The lowest BCUT2D eigenvalue weighted by Crippen LogP contribution is -2.32. The SMILES string of the molecule is CCOC(=O)c1ccc(N2C(=O)C3Sc4c(sc(=O)n4CC(=O)Nc4ccc(F)cc4)[C@@H](c4cccs4)C3C2=O)cc1. The van der Waals surface area contributed by atoms with Gasteiger partial charge in [0.05, 0.1) is 28.8 Å². The molecule has 6 rings (SSSR count). The number of nitrogens with zero attached hydrogens (tertiary/aromatic N) is 2. The fourth-order valence-electron chi connectivity index (χ4n) is 5.12. The number of fused-ring (bicyclic) bond motifs is 2. The van der Waals surface area contributed by atoms with Crippen LogP contribution in [0, 0.1) is 11.7 Å². The summed E-state index contributed by atoms with van der Waals surface area (Å²) in [6.07, 6.45) is 0. The fraction of sp³-hybridized carbons (Fsp3) is 0.207. The lowest BCUT2D eigenvalue weighted by Gasteiger charge is -2.29. The van der Waals surface area contributed by atoms with Gasteiger partial charge < -0.3 is 10.1 Å². The third-order valence-electron chi connectivity index (χ3n) is 6.97. The van der Waals surface area contributed by atoms with Crippen LogP contribution in [0.5, 0.6) is 0 Å². The van der Waals surface area contributed by atoms with Crippen LogP contribution in [0.2, 0.25) is 0 Å². The maximum atomic E-state index is 13.9. The number of hydrogen-bond donors (Lipinski definition) is 1. The Hall–Kier alpha value is -4.07. The zero-order valence-electron chi connectivity index (χ0n) is 21.9. The highest BCUT2D eigenvalue weighted by atomic mass is 32.2. The van der Waals surface area contributed by atoms with Gasteiger partial charge in [0.1, 0.15) is 17.6 Å². The Morgan fingerprint density at radius 2 is 1.74 bits per heavy atom. The number of anilines is 2. The van der Waals surface area contributed by atoms with E-state index in [1.807, 2.05) is 17.5 Å². The van der Waals surface area contributed by atoms with Crippen LogP contribution < -0.4 is 15.1 Å². The summed E-state index contributed by atoms with van der Waals surface area (Å²) in [6, 6.07) is 15.1. The van der Waals surface area contributed by atoms with Crippen molar-refractivity contribution in [3.05, 3.63) is 96.8 Å². The normalized spacial score (nSPS) is 19.4. The van der Waals surface area contributed by atoms with Gasteiger partial charge in [0, 0.05) is 21.4 Å². The van der Waals surface area contributed by atoms with Gasteiger partial charge in [-0.1, -0.05) is 29.2 Å². The average molecular weight is 624 g/mol. The first-order chi connectivity index (χ1) is 20.3. The van der Waals surface area contributed by atoms with E-state index in [9.17, 15) is 28.4 Å². The van der Waals surface area contributed by atoms with Crippen LogP contribution in [0.4, 0.5) is 15.8 Å². The molecule has 2 aromatic carbocycles. The van der Waals surface area contributed by atoms with E-state index in [-0.39, 0.29) is 18.0 Å². The number of halogens is 1. The van der Waals surface area contributed by atoms with E-state index >= 15 is 0 Å². The first-order valence-electron chi connectivity index (χ1n) is 12.9. The number of aromatic nitrogens is 1. The van der Waals surface area contributed by atoms with Crippen LogP contribution in [0.25, 0.3) is 0 Å². The molecule has 4 heterocycles. The Labute approximate surface area is 250 Å². The minimum Gasteiger partial charge on any atom is -0.462 e. The number of carbonyl (C=O) groups excluding carboxylic acids is 4. The second kappa shape index (κ2) is 11.3. The first kappa shape index (κ1) is 28.1. The molecule has 42 heavy (non-hydrogen) atoms. The number of carbonyl (C=O) groups is 4. The summed E-state index contributed by atoms with van der Waals surface area (Å²) in [4.78, 5) is 68.1. The van der Waals surface area contributed by atoms with E-state index in [1.165, 1.54) is 64.4 Å². The minimum absolute atomic E-state index is 0.220. The van der Waals surface area contributed by atoms with Crippen molar-refractivity contribution in [2.24, 2.45) is 5.92 Å². The Bertz CT molecular complexity index is 1750. The van der Waals surface area contributed by atoms with Crippen molar-refractivity contribution in [2.75, 3.05) is 16.8 Å². The molecule has 1 fully saturated rings. The molecular formula is C29H22FN3O6S3. The standard InChI is InChI=1S/C29H22FN3O6S3/c1-2-39-28(37)15-5-11-18(12-6-15)33-25(35)22-21(19-4-3-13-40-19)24-27(41-23(22)26(33)36)32(29(38)42-24)14-20(34)31-17-9-7-16(30)8-10-17/h3-13,21-23H,2,14H2,1H3,(H,31,34)/t21-,22?,23?/m0/s1. The van der Waals surface area contributed by atoms with Crippen LogP contribution in [0.1, 0.15) is 33.0 Å². The highest BCUT2D eigenvalue weighted by molar-refractivity contribution is 8.00. The summed E-state index contributed by atoms with van der Waals surface area (Å²) in [6.45, 7) is 1.61. The van der Waals surface area contributed by atoms with Crippen molar-refractivity contribution < 1.29 is 28.3 Å². The van der Waals surface area contributed by atoms with Crippen LogP contribution in [-0.4, -0.2) is 40.1 Å². The van der Waals surface area contributed by atoms with Gasteiger partial charge in [-0.15, -0.1) is 11.3 Å². The van der Waals surface area contributed by atoms with E-state index in [1.54, 1.807) is 6.92 Å². The van der Waals surface area contributed by atoms with Crippen molar-refractivity contribution in [2.45, 2.75) is 29.7 Å². The van der Waals surface area contributed by atoms with Crippen molar-refractivity contribution in [1.82, 2.24) is 4.57 Å². The number of amides is 3. The molecule has 0 spiro atoms. The maximum absolute atomic E-state index is 13.9. The second-order valence-electron chi connectivity index (χ2n) is 9.52. The number of thioether (sulfide) groups is 1. The number of nitrogens with one attached hydrogen (secondary N) is 1. The molecule has 2 unspecified atom stereocenters. The van der Waals surface area contributed by atoms with Gasteiger partial charge in [-0.05, 0) is 66.9 Å². The Morgan fingerprint density at radius 1 is 1.00 bits per heavy atom. The van der Waals surface area contributed by atoms with Crippen molar-refractivity contribution in [3.63, 3.8) is 0 Å². The molecule has 2 aliphatic rings. The van der Waals surface area contributed by atoms with Gasteiger partial charge in [-0.3, -0.25) is 23.7 Å². The highest BCUT2D eigenvalue weighted by Crippen LogP contribution is 2.54. The fourth-order valence-corrected chi connectivity index (χ4v) is 8.84. The third kappa shape index (κ3) is 4.97. The lowest BCUT2D eigenvalue weighted by molar-refractivity contribution is -0.122. The van der Waals surface area contributed by atoms with Gasteiger partial charge >= 0.3 is 10.8 Å². The van der Waals surface area contributed by atoms with Gasteiger partial charge in [0.15, 0.2) is 0 Å². The molecule has 0 aliphatic carbocycles. The summed E-state index contributed by atoms with van der Waals surface area (Å²) in [7, 11) is 0. The molecule has 9 nitrogen and oxygen atoms in total. The molecular weight excluding hydrogens is 602 g/mol. The summed E-state index contributed by atoms with van der Waals surface area (Å²) in [5.41, 5.74) is 1.01. The molecule has 214 valence electrons. The van der Waals surface area contributed by atoms with Crippen molar-refractivity contribution >= 4 is 69.5 Å². The van der Waals surface area contributed by atoms with Gasteiger partial charge in [-0.2, -0.15) is 0 Å². The van der Waals surface area contributed by atoms with E-state index in [0.717, 1.165) is 32.9 Å². The predicted octanol–water partition coefficient (Wildman–Crippen LogP) is 4.72. The van der Waals surface area contributed by atoms with Crippen LogP contribution >= 0.6 is 34.4 Å². The molecule has 1 N–H and O–H groups in total. The van der Waals surface area contributed by atoms with E-state index in [4.69, 9.17) is 4.74 Å². The number of esters is 1. The number of thiophene rings is 1. The minimum atomic E-state index is -0.831. The van der Waals surface area contributed by atoms with Crippen LogP contribution in [0.3, 0.4) is 0 Å². The zero-order valence-corrected chi connectivity index (χ0v) is 24.4. The third-order valence-corrected chi connectivity index (χ3v) is 10.5. The summed E-state index contributed by atoms with van der Waals surface area (Å²) < 4.78 is 19.6. The maximum Gasteiger partial charge on any atom is 0.338 e.